The van der Waals surface area contributed by atoms with Gasteiger partial charge in [0.2, 0.25) is 0 Å². The average molecular weight is 498 g/mol. The van der Waals surface area contributed by atoms with Crippen molar-refractivity contribution in [1.29, 1.82) is 0 Å². The molecule has 7 nitrogen and oxygen atoms in total. The van der Waals surface area contributed by atoms with Gasteiger partial charge in [-0.25, -0.2) is 0 Å². The van der Waals surface area contributed by atoms with Crippen molar-refractivity contribution in [3.63, 3.8) is 0 Å². The van der Waals surface area contributed by atoms with Gasteiger partial charge < -0.3 is 25.3 Å². The lowest BCUT2D eigenvalue weighted by atomic mass is 9.96. The molecule has 1 amide bonds. The van der Waals surface area contributed by atoms with E-state index in [9.17, 15) is 4.79 Å². The Kier molecular flexibility index (Phi) is 6.69. The van der Waals surface area contributed by atoms with Crippen LogP contribution in [-0.4, -0.2) is 27.6 Å². The second-order valence-electron chi connectivity index (χ2n) is 8.73. The van der Waals surface area contributed by atoms with Crippen LogP contribution in [0.15, 0.2) is 85.1 Å². The van der Waals surface area contributed by atoms with Gasteiger partial charge in [-0.15, -0.1) is 0 Å². The number of thiocarbonyl (C=S) groups is 1. The van der Waals surface area contributed by atoms with E-state index in [-0.39, 0.29) is 24.6 Å². The van der Waals surface area contributed by atoms with Crippen LogP contribution in [-0.2, 0) is 4.79 Å². The number of amides is 1. The summed E-state index contributed by atoms with van der Waals surface area (Å²) in [5.41, 5.74) is 5.88. The van der Waals surface area contributed by atoms with Crippen molar-refractivity contribution in [2.24, 2.45) is 0 Å². The van der Waals surface area contributed by atoms with Gasteiger partial charge >= 0.3 is 0 Å². The number of benzene rings is 2. The first-order valence-electron chi connectivity index (χ1n) is 11.7. The monoisotopic (exact) mass is 497 g/mol. The molecular weight excluding hydrogens is 470 g/mol. The maximum absolute atomic E-state index is 12.4. The van der Waals surface area contributed by atoms with E-state index in [1.165, 1.54) is 0 Å². The molecule has 0 spiro atoms. The van der Waals surface area contributed by atoms with E-state index in [0.29, 0.717) is 16.5 Å². The molecule has 1 fully saturated rings. The van der Waals surface area contributed by atoms with Crippen LogP contribution in [0.3, 0.4) is 0 Å². The van der Waals surface area contributed by atoms with Crippen molar-refractivity contribution >= 4 is 34.6 Å². The number of para-hydroxylation sites is 1. The lowest BCUT2D eigenvalue weighted by Gasteiger charge is -2.28. The fraction of sp³-hybridized carbons (Fsp3) is 0.179. The van der Waals surface area contributed by atoms with Crippen molar-refractivity contribution in [1.82, 2.24) is 15.3 Å². The second kappa shape index (κ2) is 10.2. The van der Waals surface area contributed by atoms with Crippen molar-refractivity contribution in [2.45, 2.75) is 25.9 Å². The highest BCUT2D eigenvalue weighted by atomic mass is 32.1. The van der Waals surface area contributed by atoms with E-state index in [0.717, 1.165) is 28.3 Å². The molecule has 0 radical (unpaired) electrons. The second-order valence-corrected chi connectivity index (χ2v) is 9.11. The molecular formula is C28H27N5O2S. The van der Waals surface area contributed by atoms with Gasteiger partial charge in [-0.2, -0.15) is 0 Å². The number of ether oxygens (including phenoxy) is 1. The highest BCUT2D eigenvalue weighted by Gasteiger charge is 2.41. The Hall–Kier alpha value is -4.17. The molecule has 5 rings (SSSR count). The van der Waals surface area contributed by atoms with E-state index >= 15 is 0 Å². The van der Waals surface area contributed by atoms with E-state index in [4.69, 9.17) is 17.0 Å². The quantitative estimate of drug-likeness (QED) is 0.304. The number of anilines is 2. The molecule has 1 aliphatic heterocycles. The number of nitrogens with one attached hydrogen (secondary N) is 3. The minimum atomic E-state index is -0.225. The number of carbonyl (C=O) groups excluding carboxylic acids is 1. The Morgan fingerprint density at radius 1 is 1.06 bits per heavy atom. The summed E-state index contributed by atoms with van der Waals surface area (Å²) in [6, 6.07) is 24.8. The molecule has 0 aliphatic carbocycles. The topological polar surface area (TPSA) is 82.3 Å². The Bertz CT molecular complexity index is 1360. The van der Waals surface area contributed by atoms with Crippen LogP contribution in [0.4, 0.5) is 11.4 Å². The third kappa shape index (κ3) is 4.94. The Labute approximate surface area is 215 Å². The molecule has 3 heterocycles. The minimum Gasteiger partial charge on any atom is -0.484 e. The van der Waals surface area contributed by atoms with Gasteiger partial charge in [-0.1, -0.05) is 24.3 Å². The summed E-state index contributed by atoms with van der Waals surface area (Å²) in [4.78, 5) is 22.5. The van der Waals surface area contributed by atoms with E-state index < -0.39 is 0 Å². The summed E-state index contributed by atoms with van der Waals surface area (Å²) in [7, 11) is 0. The van der Waals surface area contributed by atoms with Crippen LogP contribution in [0.25, 0.3) is 0 Å². The summed E-state index contributed by atoms with van der Waals surface area (Å²) >= 11 is 5.80. The van der Waals surface area contributed by atoms with Crippen LogP contribution in [0.2, 0.25) is 0 Å². The predicted octanol–water partition coefficient (Wildman–Crippen LogP) is 5.22. The molecule has 2 aromatic heterocycles. The predicted molar refractivity (Wildman–Crippen MR) is 145 cm³/mol. The SMILES string of the molecule is Cc1cc([C@H]2[C@@H](c3ccccn3)NC(=S)N2c2ccc(NC(=O)COc3ccccc3)cc2)c(C)[nH]1. The van der Waals surface area contributed by atoms with Gasteiger partial charge in [0.25, 0.3) is 5.91 Å². The number of nitrogens with zero attached hydrogens (tertiary/aromatic N) is 2. The van der Waals surface area contributed by atoms with Gasteiger partial charge in [0.15, 0.2) is 11.7 Å². The number of hydrogen-bond acceptors (Lipinski definition) is 4. The molecule has 1 saturated heterocycles. The fourth-order valence-corrected chi connectivity index (χ4v) is 4.92. The molecule has 3 N–H and O–H groups in total. The molecule has 0 bridgehead atoms. The molecule has 8 heteroatoms. The zero-order valence-electron chi connectivity index (χ0n) is 20.1. The highest BCUT2D eigenvalue weighted by Crippen LogP contribution is 2.42. The number of aryl methyl sites for hydroxylation is 2. The number of aromatic amines is 1. The van der Waals surface area contributed by atoms with Crippen LogP contribution in [0.5, 0.6) is 5.75 Å². The van der Waals surface area contributed by atoms with E-state index in [1.54, 1.807) is 6.20 Å². The van der Waals surface area contributed by atoms with Gasteiger partial charge in [0.05, 0.1) is 17.8 Å². The van der Waals surface area contributed by atoms with Gasteiger partial charge in [-0.05, 0) is 86.2 Å². The molecule has 2 aromatic carbocycles. The van der Waals surface area contributed by atoms with Crippen LogP contribution in [0.1, 0.15) is 34.7 Å². The summed E-state index contributed by atoms with van der Waals surface area (Å²) in [6.45, 7) is 4.07. The van der Waals surface area contributed by atoms with Gasteiger partial charge in [0.1, 0.15) is 5.75 Å². The van der Waals surface area contributed by atoms with Crippen LogP contribution >= 0.6 is 12.2 Å². The number of aromatic nitrogens is 2. The summed E-state index contributed by atoms with van der Waals surface area (Å²) in [6.07, 6.45) is 1.80. The molecule has 4 aromatic rings. The van der Waals surface area contributed by atoms with Crippen molar-refractivity contribution in [3.05, 3.63) is 108 Å². The van der Waals surface area contributed by atoms with Crippen LogP contribution < -0.4 is 20.3 Å². The molecule has 2 atom stereocenters. The average Bonchev–Trinajstić information content (AvgIpc) is 3.41. The molecule has 36 heavy (non-hydrogen) atoms. The summed E-state index contributed by atoms with van der Waals surface area (Å²) < 4.78 is 5.53. The summed E-state index contributed by atoms with van der Waals surface area (Å²) in [5.74, 6) is 0.429. The lowest BCUT2D eigenvalue weighted by molar-refractivity contribution is -0.118. The van der Waals surface area contributed by atoms with Gasteiger partial charge in [-0.3, -0.25) is 9.78 Å². The first kappa shape index (κ1) is 23.6. The fourth-order valence-electron chi connectivity index (χ4n) is 4.57. The third-order valence-corrected chi connectivity index (χ3v) is 6.46. The number of H-pyrrole nitrogens is 1. The van der Waals surface area contributed by atoms with Gasteiger partial charge in [0, 0.05) is 29.0 Å². The molecule has 0 unspecified atom stereocenters. The minimum absolute atomic E-state index is 0.0636. The van der Waals surface area contributed by atoms with Crippen molar-refractivity contribution in [2.75, 3.05) is 16.8 Å². The largest absolute Gasteiger partial charge is 0.484 e. The Balaban J connectivity index is 1.36. The van der Waals surface area contributed by atoms with Crippen LogP contribution in [0, 0.1) is 13.8 Å². The van der Waals surface area contributed by atoms with Crippen molar-refractivity contribution < 1.29 is 9.53 Å². The molecule has 0 saturated carbocycles. The van der Waals surface area contributed by atoms with E-state index in [2.05, 4.69) is 45.4 Å². The Morgan fingerprint density at radius 3 is 2.47 bits per heavy atom. The normalized spacial score (nSPS) is 17.1. The standard InChI is InChI=1S/C28H27N5O2S/c1-18-16-23(19(2)30-18)27-26(24-10-6-7-15-29-24)32-28(36)33(27)21-13-11-20(12-14-21)31-25(34)17-35-22-8-4-3-5-9-22/h3-16,26-27,30H,17H2,1-2H3,(H,31,34)(H,32,36)/t26-,27+/m1/s1. The maximum atomic E-state index is 12.4. The Morgan fingerprint density at radius 2 is 1.81 bits per heavy atom. The number of carbonyl (C=O) groups is 1. The highest BCUT2D eigenvalue weighted by molar-refractivity contribution is 7.80. The van der Waals surface area contributed by atoms with E-state index in [1.807, 2.05) is 72.8 Å². The zero-order chi connectivity index (χ0) is 25.1. The number of pyridine rings is 1. The number of rotatable bonds is 7. The molecule has 182 valence electrons. The zero-order valence-corrected chi connectivity index (χ0v) is 20.9. The summed E-state index contributed by atoms with van der Waals surface area (Å²) in [5, 5.41) is 6.99. The number of hydrogen-bond donors (Lipinski definition) is 3. The maximum Gasteiger partial charge on any atom is 0.262 e. The smallest absolute Gasteiger partial charge is 0.262 e. The lowest BCUT2D eigenvalue weighted by Crippen LogP contribution is -2.29. The first-order chi connectivity index (χ1) is 17.5. The van der Waals surface area contributed by atoms with Crippen molar-refractivity contribution in [3.8, 4) is 5.75 Å². The third-order valence-electron chi connectivity index (χ3n) is 6.15. The first-order valence-corrected chi connectivity index (χ1v) is 12.1. The molecule has 1 aliphatic rings.